The van der Waals surface area contributed by atoms with Crippen LogP contribution in [0.2, 0.25) is 0 Å². The molecule has 0 unspecified atom stereocenters. The van der Waals surface area contributed by atoms with Crippen LogP contribution in [0.3, 0.4) is 0 Å². The van der Waals surface area contributed by atoms with E-state index in [1.54, 1.807) is 53.5 Å². The molecular weight excluding hydrogens is 416 g/mol. The highest BCUT2D eigenvalue weighted by molar-refractivity contribution is 5.91. The van der Waals surface area contributed by atoms with Gasteiger partial charge in [0.1, 0.15) is 23.1 Å². The number of aromatic nitrogens is 3. The lowest BCUT2D eigenvalue weighted by Gasteiger charge is -2.14. The average Bonchev–Trinajstić information content (AvgIpc) is 3.20. The van der Waals surface area contributed by atoms with Crippen LogP contribution in [0, 0.1) is 0 Å². The van der Waals surface area contributed by atoms with Crippen LogP contribution in [0.15, 0.2) is 79.1 Å². The number of carbonyl (C=O) groups is 1. The van der Waals surface area contributed by atoms with Crippen LogP contribution in [-0.2, 0) is 16.6 Å². The van der Waals surface area contributed by atoms with Crippen molar-refractivity contribution >= 4 is 11.7 Å². The van der Waals surface area contributed by atoms with Gasteiger partial charge in [-0.3, -0.25) is 9.78 Å². The number of hydrogen-bond acceptors (Lipinski definition) is 5. The summed E-state index contributed by atoms with van der Waals surface area (Å²) in [5.74, 6) is 1.98. The molecule has 7 heteroatoms. The van der Waals surface area contributed by atoms with Crippen molar-refractivity contribution in [3.63, 3.8) is 0 Å². The fourth-order valence-electron chi connectivity index (χ4n) is 3.22. The van der Waals surface area contributed by atoms with Crippen molar-refractivity contribution in [3.05, 3.63) is 90.4 Å². The van der Waals surface area contributed by atoms with Gasteiger partial charge in [-0.2, -0.15) is 5.10 Å². The van der Waals surface area contributed by atoms with Crippen LogP contribution < -0.4 is 10.1 Å². The Morgan fingerprint density at radius 3 is 2.24 bits per heavy atom. The van der Waals surface area contributed by atoms with Gasteiger partial charge in [0.2, 0.25) is 5.91 Å². The third-order valence-electron chi connectivity index (χ3n) is 5.01. The molecule has 168 valence electrons. The van der Waals surface area contributed by atoms with E-state index >= 15 is 0 Å². The molecular formula is C26H26N4O3. The first-order valence-electron chi connectivity index (χ1n) is 10.6. The summed E-state index contributed by atoms with van der Waals surface area (Å²) in [6.07, 6.45) is 3.55. The predicted molar refractivity (Wildman–Crippen MR) is 127 cm³/mol. The van der Waals surface area contributed by atoms with E-state index in [2.05, 4.69) is 31.1 Å². The minimum atomic E-state index is -0.188. The molecule has 0 saturated carbocycles. The predicted octanol–water partition coefficient (Wildman–Crippen LogP) is 5.24. The summed E-state index contributed by atoms with van der Waals surface area (Å²) in [4.78, 5) is 16.8. The zero-order chi connectivity index (χ0) is 23.4. The summed E-state index contributed by atoms with van der Waals surface area (Å²) in [7, 11) is 0. The monoisotopic (exact) mass is 442 g/mol. The molecule has 0 aliphatic carbocycles. The Bertz CT molecular complexity index is 1230. The number of nitrogens with zero attached hydrogens (tertiary/aromatic N) is 3. The summed E-state index contributed by atoms with van der Waals surface area (Å²) in [5.41, 5.74) is 2.27. The summed E-state index contributed by atoms with van der Waals surface area (Å²) >= 11 is 0. The molecule has 0 bridgehead atoms. The molecule has 2 aromatic heterocycles. The summed E-state index contributed by atoms with van der Waals surface area (Å²) < 4.78 is 7.46. The number of phenolic OH excluding ortho intramolecular Hbond substituents is 1. The van der Waals surface area contributed by atoms with Gasteiger partial charge < -0.3 is 15.2 Å². The highest BCUT2D eigenvalue weighted by atomic mass is 16.5. The van der Waals surface area contributed by atoms with E-state index in [0.29, 0.717) is 17.3 Å². The van der Waals surface area contributed by atoms with Crippen LogP contribution in [0.1, 0.15) is 32.0 Å². The van der Waals surface area contributed by atoms with Gasteiger partial charge in [0.15, 0.2) is 0 Å². The maximum absolute atomic E-state index is 12.8. The Balaban J connectivity index is 1.48. The molecule has 0 spiro atoms. The molecule has 33 heavy (non-hydrogen) atoms. The maximum atomic E-state index is 12.8. The second-order valence-electron chi connectivity index (χ2n) is 8.75. The quantitative estimate of drug-likeness (QED) is 0.426. The molecule has 4 aromatic rings. The first-order valence-corrected chi connectivity index (χ1v) is 10.6. The molecule has 7 nitrogen and oxygen atoms in total. The van der Waals surface area contributed by atoms with Crippen molar-refractivity contribution in [1.82, 2.24) is 14.8 Å². The third-order valence-corrected chi connectivity index (χ3v) is 5.01. The van der Waals surface area contributed by atoms with Gasteiger partial charge in [-0.15, -0.1) is 0 Å². The topological polar surface area (TPSA) is 89.3 Å². The SMILES string of the molecule is CC(C)(C)c1cc(NC(=O)Cc2ccc(Oc3ccncc3)cc2)n(-c2ccc(O)cc2)n1. The Labute approximate surface area is 192 Å². The van der Waals surface area contributed by atoms with E-state index in [1.807, 2.05) is 30.3 Å². The smallest absolute Gasteiger partial charge is 0.229 e. The Kier molecular flexibility index (Phi) is 6.13. The number of phenols is 1. The number of anilines is 1. The second-order valence-corrected chi connectivity index (χ2v) is 8.75. The van der Waals surface area contributed by atoms with Crippen molar-refractivity contribution in [3.8, 4) is 22.9 Å². The molecule has 0 saturated heterocycles. The van der Waals surface area contributed by atoms with Crippen LogP contribution >= 0.6 is 0 Å². The van der Waals surface area contributed by atoms with E-state index < -0.39 is 0 Å². The molecule has 2 N–H and O–H groups in total. The molecule has 4 rings (SSSR count). The summed E-state index contributed by atoms with van der Waals surface area (Å²) in [6.45, 7) is 6.20. The lowest BCUT2D eigenvalue weighted by molar-refractivity contribution is -0.115. The van der Waals surface area contributed by atoms with Crippen molar-refractivity contribution in [2.45, 2.75) is 32.6 Å². The molecule has 0 fully saturated rings. The van der Waals surface area contributed by atoms with Gasteiger partial charge in [0.05, 0.1) is 17.8 Å². The van der Waals surface area contributed by atoms with Gasteiger partial charge >= 0.3 is 0 Å². The standard InChI is InChI=1S/C26H26N4O3/c1-26(2,3)23-17-24(30(29-23)19-6-8-20(31)9-7-19)28-25(32)16-18-4-10-21(11-5-18)33-22-12-14-27-15-13-22/h4-15,17,31H,16H2,1-3H3,(H,28,32). The Morgan fingerprint density at radius 1 is 0.970 bits per heavy atom. The average molecular weight is 443 g/mol. The minimum Gasteiger partial charge on any atom is -0.508 e. The molecule has 0 atom stereocenters. The zero-order valence-electron chi connectivity index (χ0n) is 18.8. The van der Waals surface area contributed by atoms with Crippen LogP contribution in [0.4, 0.5) is 5.82 Å². The summed E-state index contributed by atoms with van der Waals surface area (Å²) in [6, 6.07) is 19.6. The summed E-state index contributed by atoms with van der Waals surface area (Å²) in [5, 5.41) is 17.3. The number of carbonyl (C=O) groups excluding carboxylic acids is 1. The Hall–Kier alpha value is -4.13. The molecule has 2 heterocycles. The number of aromatic hydroxyl groups is 1. The number of amides is 1. The fraction of sp³-hybridized carbons (Fsp3) is 0.192. The lowest BCUT2D eigenvalue weighted by atomic mass is 9.92. The number of rotatable bonds is 6. The number of nitrogens with one attached hydrogen (secondary N) is 1. The van der Waals surface area contributed by atoms with Crippen LogP contribution in [0.25, 0.3) is 5.69 Å². The number of pyridine rings is 1. The minimum absolute atomic E-state index is 0.154. The van der Waals surface area contributed by atoms with Crippen LogP contribution in [0.5, 0.6) is 17.2 Å². The zero-order valence-corrected chi connectivity index (χ0v) is 18.8. The Morgan fingerprint density at radius 2 is 1.61 bits per heavy atom. The second kappa shape index (κ2) is 9.16. The fourth-order valence-corrected chi connectivity index (χ4v) is 3.22. The van der Waals surface area contributed by atoms with E-state index in [0.717, 1.165) is 16.9 Å². The van der Waals surface area contributed by atoms with Gasteiger partial charge in [-0.1, -0.05) is 32.9 Å². The number of benzene rings is 2. The molecule has 1 amide bonds. The van der Waals surface area contributed by atoms with Crippen molar-refractivity contribution < 1.29 is 14.6 Å². The normalized spacial score (nSPS) is 11.2. The van der Waals surface area contributed by atoms with E-state index in [1.165, 1.54) is 0 Å². The largest absolute Gasteiger partial charge is 0.508 e. The van der Waals surface area contributed by atoms with Crippen molar-refractivity contribution in [1.29, 1.82) is 0 Å². The highest BCUT2D eigenvalue weighted by Crippen LogP contribution is 2.27. The van der Waals surface area contributed by atoms with E-state index in [9.17, 15) is 9.90 Å². The van der Waals surface area contributed by atoms with Crippen LogP contribution in [-0.4, -0.2) is 25.8 Å². The maximum Gasteiger partial charge on any atom is 0.229 e. The molecule has 0 radical (unpaired) electrons. The van der Waals surface area contributed by atoms with E-state index in [-0.39, 0.29) is 23.5 Å². The van der Waals surface area contributed by atoms with Crippen molar-refractivity contribution in [2.24, 2.45) is 0 Å². The molecule has 0 aliphatic rings. The van der Waals surface area contributed by atoms with Gasteiger partial charge in [-0.25, -0.2) is 4.68 Å². The third kappa shape index (κ3) is 5.57. The number of ether oxygens (including phenoxy) is 1. The van der Waals surface area contributed by atoms with Gasteiger partial charge in [0, 0.05) is 23.9 Å². The van der Waals surface area contributed by atoms with E-state index in [4.69, 9.17) is 9.84 Å². The lowest BCUT2D eigenvalue weighted by Crippen LogP contribution is -2.17. The first-order chi connectivity index (χ1) is 15.8. The number of hydrogen-bond donors (Lipinski definition) is 2. The first kappa shape index (κ1) is 22.1. The van der Waals surface area contributed by atoms with Gasteiger partial charge in [-0.05, 0) is 54.1 Å². The highest BCUT2D eigenvalue weighted by Gasteiger charge is 2.21. The van der Waals surface area contributed by atoms with Gasteiger partial charge in [0.25, 0.3) is 0 Å². The molecule has 2 aromatic carbocycles. The molecule has 0 aliphatic heterocycles. The van der Waals surface area contributed by atoms with Crippen molar-refractivity contribution in [2.75, 3.05) is 5.32 Å².